The highest BCUT2D eigenvalue weighted by Gasteiger charge is 2.26. The molecule has 0 fully saturated rings. The first-order valence-electron chi connectivity index (χ1n) is 12.4. The van der Waals surface area contributed by atoms with E-state index in [0.29, 0.717) is 47.8 Å². The number of hydrogen-bond acceptors (Lipinski definition) is 5. The second kappa shape index (κ2) is 9.82. The Morgan fingerprint density at radius 1 is 1.05 bits per heavy atom. The quantitative estimate of drug-likeness (QED) is 0.328. The zero-order valence-corrected chi connectivity index (χ0v) is 21.0. The number of nitrogens with zero attached hydrogens (tertiary/aromatic N) is 1. The van der Waals surface area contributed by atoms with Crippen molar-refractivity contribution < 1.29 is 18.7 Å². The molecule has 0 radical (unpaired) electrons. The highest BCUT2D eigenvalue weighted by Crippen LogP contribution is 2.34. The highest BCUT2D eigenvalue weighted by molar-refractivity contribution is 5.89. The van der Waals surface area contributed by atoms with Crippen molar-refractivity contribution in [2.45, 2.75) is 45.8 Å². The van der Waals surface area contributed by atoms with Gasteiger partial charge in [0.15, 0.2) is 5.43 Å². The van der Waals surface area contributed by atoms with E-state index in [4.69, 9.17) is 4.42 Å². The second-order valence-corrected chi connectivity index (χ2v) is 9.78. The maximum Gasteiger partial charge on any atom is 0.336 e. The molecule has 190 valence electrons. The molecule has 0 aliphatic carbocycles. The summed E-state index contributed by atoms with van der Waals surface area (Å²) < 4.78 is 21.1. The van der Waals surface area contributed by atoms with E-state index < -0.39 is 11.8 Å². The van der Waals surface area contributed by atoms with E-state index in [0.717, 1.165) is 0 Å². The van der Waals surface area contributed by atoms with E-state index in [1.54, 1.807) is 31.2 Å². The van der Waals surface area contributed by atoms with Gasteiger partial charge >= 0.3 is 5.97 Å². The van der Waals surface area contributed by atoms with Gasteiger partial charge < -0.3 is 19.7 Å². The topological polar surface area (TPSA) is 82.8 Å². The number of anilines is 1. The molecule has 0 amide bonds. The number of rotatable bonds is 7. The van der Waals surface area contributed by atoms with Gasteiger partial charge in [-0.15, -0.1) is 0 Å². The van der Waals surface area contributed by atoms with Crippen molar-refractivity contribution in [2.24, 2.45) is 0 Å². The van der Waals surface area contributed by atoms with Gasteiger partial charge in [0.25, 0.3) is 0 Å². The highest BCUT2D eigenvalue weighted by atomic mass is 19.1. The molecule has 5 rings (SSSR count). The average Bonchev–Trinajstić information content (AvgIpc) is 3.33. The lowest BCUT2D eigenvalue weighted by Gasteiger charge is -2.22. The fraction of sp³-hybridized carbons (Fsp3) is 0.267. The van der Waals surface area contributed by atoms with Crippen molar-refractivity contribution in [3.05, 3.63) is 110 Å². The van der Waals surface area contributed by atoms with E-state index in [1.807, 2.05) is 30.9 Å². The predicted octanol–water partition coefficient (Wildman–Crippen LogP) is 5.91. The predicted molar refractivity (Wildman–Crippen MR) is 142 cm³/mol. The monoisotopic (exact) mass is 500 g/mol. The number of carboxylic acids is 1. The van der Waals surface area contributed by atoms with Crippen molar-refractivity contribution in [3.63, 3.8) is 0 Å². The standard InChI is InChI=1S/C30H29FN2O4/c1-17(14-32-19(3)23-10-6-7-11-24(23)30(35)36)25-12-22(31)13-26-27(34)18(2)29(37-28(25)26)33-15-20-8-4-5-9-21(20)16-33/h4-13,17,19,32H,14-16H2,1-3H3,(H,35,36). The van der Waals surface area contributed by atoms with Gasteiger partial charge in [0, 0.05) is 31.2 Å². The third kappa shape index (κ3) is 4.62. The molecule has 3 aromatic carbocycles. The lowest BCUT2D eigenvalue weighted by atomic mass is 9.96. The van der Waals surface area contributed by atoms with Crippen LogP contribution in [0.1, 0.15) is 64.0 Å². The Balaban J connectivity index is 1.47. The molecule has 2 atom stereocenters. The number of hydrogen-bond donors (Lipinski definition) is 2. The first kappa shape index (κ1) is 24.7. The Hall–Kier alpha value is -3.97. The zero-order valence-electron chi connectivity index (χ0n) is 21.0. The summed E-state index contributed by atoms with van der Waals surface area (Å²) in [6, 6.07) is 17.4. The minimum absolute atomic E-state index is 0.216. The van der Waals surface area contributed by atoms with Gasteiger partial charge in [-0.25, -0.2) is 9.18 Å². The van der Waals surface area contributed by atoms with Gasteiger partial charge in [-0.1, -0.05) is 49.4 Å². The molecule has 6 nitrogen and oxygen atoms in total. The molecule has 0 saturated carbocycles. The van der Waals surface area contributed by atoms with Gasteiger partial charge in [0.2, 0.25) is 5.88 Å². The van der Waals surface area contributed by atoms with Crippen LogP contribution in [-0.2, 0) is 13.1 Å². The maximum atomic E-state index is 14.7. The minimum atomic E-state index is -0.984. The third-order valence-electron chi connectivity index (χ3n) is 7.23. The van der Waals surface area contributed by atoms with Crippen LogP contribution in [0.4, 0.5) is 10.3 Å². The van der Waals surface area contributed by atoms with Crippen molar-refractivity contribution in [1.29, 1.82) is 0 Å². The van der Waals surface area contributed by atoms with E-state index in [-0.39, 0.29) is 28.3 Å². The Morgan fingerprint density at radius 2 is 1.70 bits per heavy atom. The number of carboxylic acid groups (broad SMARTS) is 1. The van der Waals surface area contributed by atoms with Crippen LogP contribution in [0, 0.1) is 12.7 Å². The van der Waals surface area contributed by atoms with Crippen molar-refractivity contribution >= 4 is 22.8 Å². The number of carbonyl (C=O) groups is 1. The summed E-state index contributed by atoms with van der Waals surface area (Å²) >= 11 is 0. The first-order chi connectivity index (χ1) is 17.7. The van der Waals surface area contributed by atoms with Gasteiger partial charge in [0.1, 0.15) is 11.4 Å². The average molecular weight is 501 g/mol. The number of nitrogens with one attached hydrogen (secondary N) is 1. The summed E-state index contributed by atoms with van der Waals surface area (Å²) in [5.41, 5.74) is 4.49. The van der Waals surface area contributed by atoms with Crippen molar-refractivity contribution in [1.82, 2.24) is 5.32 Å². The van der Waals surface area contributed by atoms with Crippen molar-refractivity contribution in [3.8, 4) is 0 Å². The summed E-state index contributed by atoms with van der Waals surface area (Å²) in [6.07, 6.45) is 0. The van der Waals surface area contributed by atoms with E-state index >= 15 is 0 Å². The molecular weight excluding hydrogens is 471 g/mol. The molecule has 2 N–H and O–H groups in total. The molecule has 0 spiro atoms. The fourth-order valence-electron chi connectivity index (χ4n) is 5.16. The lowest BCUT2D eigenvalue weighted by Crippen LogP contribution is -2.25. The van der Waals surface area contributed by atoms with Crippen molar-refractivity contribution in [2.75, 3.05) is 11.4 Å². The van der Waals surface area contributed by atoms with Gasteiger partial charge in [-0.2, -0.15) is 0 Å². The Bertz CT molecular complexity index is 1540. The molecule has 7 heteroatoms. The Kier molecular flexibility index (Phi) is 6.56. The van der Waals surface area contributed by atoms with Crippen LogP contribution in [0.3, 0.4) is 0 Å². The fourth-order valence-corrected chi connectivity index (χ4v) is 5.16. The first-order valence-corrected chi connectivity index (χ1v) is 12.4. The van der Waals surface area contributed by atoms with E-state index in [2.05, 4.69) is 17.4 Å². The zero-order chi connectivity index (χ0) is 26.3. The molecule has 1 aromatic heterocycles. The van der Waals surface area contributed by atoms with Crippen LogP contribution in [0.15, 0.2) is 69.9 Å². The van der Waals surface area contributed by atoms with Crippen LogP contribution in [-0.4, -0.2) is 17.6 Å². The second-order valence-electron chi connectivity index (χ2n) is 9.78. The van der Waals surface area contributed by atoms with E-state index in [9.17, 15) is 19.1 Å². The van der Waals surface area contributed by atoms with E-state index in [1.165, 1.54) is 23.3 Å². The molecule has 1 aliphatic heterocycles. The Labute approximate surface area is 214 Å². The third-order valence-corrected chi connectivity index (χ3v) is 7.23. The molecule has 0 saturated heterocycles. The number of fused-ring (bicyclic) bond motifs is 2. The normalized spacial score (nSPS) is 14.5. The van der Waals surface area contributed by atoms with Crippen LogP contribution >= 0.6 is 0 Å². The van der Waals surface area contributed by atoms with Crippen LogP contribution in [0.2, 0.25) is 0 Å². The van der Waals surface area contributed by atoms with Gasteiger partial charge in [-0.05, 0) is 54.7 Å². The number of benzene rings is 3. The maximum absolute atomic E-state index is 14.7. The minimum Gasteiger partial charge on any atom is -0.478 e. The summed E-state index contributed by atoms with van der Waals surface area (Å²) in [7, 11) is 0. The van der Waals surface area contributed by atoms with Crippen LogP contribution in [0.5, 0.6) is 0 Å². The molecular formula is C30H29FN2O4. The molecule has 2 unspecified atom stereocenters. The summed E-state index contributed by atoms with van der Waals surface area (Å²) in [5, 5.41) is 13.1. The molecule has 1 aliphatic rings. The molecule has 0 bridgehead atoms. The van der Waals surface area contributed by atoms with Gasteiger partial charge in [0.05, 0.1) is 16.5 Å². The summed E-state index contributed by atoms with van der Waals surface area (Å²) in [6.45, 7) is 7.25. The van der Waals surface area contributed by atoms with Gasteiger partial charge in [-0.3, -0.25) is 4.79 Å². The number of aromatic carboxylic acids is 1. The molecule has 37 heavy (non-hydrogen) atoms. The van der Waals surface area contributed by atoms with Crippen LogP contribution < -0.4 is 15.6 Å². The number of halogens is 1. The SMILES string of the molecule is Cc1c(N2Cc3ccccc3C2)oc2c(C(C)CNC(C)c3ccccc3C(=O)O)cc(F)cc2c1=O. The smallest absolute Gasteiger partial charge is 0.336 e. The largest absolute Gasteiger partial charge is 0.478 e. The lowest BCUT2D eigenvalue weighted by molar-refractivity contribution is 0.0695. The van der Waals surface area contributed by atoms with Crippen LogP contribution in [0.25, 0.3) is 11.0 Å². The summed E-state index contributed by atoms with van der Waals surface area (Å²) in [4.78, 5) is 27.0. The Morgan fingerprint density at radius 3 is 2.38 bits per heavy atom. The molecule has 4 aromatic rings. The molecule has 2 heterocycles. The summed E-state index contributed by atoms with van der Waals surface area (Å²) in [5.74, 6) is -1.19.